The van der Waals surface area contributed by atoms with Crippen LogP contribution in [0.1, 0.15) is 56.2 Å². The zero-order valence-electron chi connectivity index (χ0n) is 17.2. The summed E-state index contributed by atoms with van der Waals surface area (Å²) >= 11 is 0. The van der Waals surface area contributed by atoms with Gasteiger partial charge in [-0.05, 0) is 36.3 Å². The van der Waals surface area contributed by atoms with E-state index in [4.69, 9.17) is 4.74 Å². The Balaban J connectivity index is 1.70. The molecule has 0 aliphatic carbocycles. The van der Waals surface area contributed by atoms with E-state index in [2.05, 4.69) is 58.1 Å². The van der Waals surface area contributed by atoms with Crippen molar-refractivity contribution in [3.63, 3.8) is 0 Å². The first-order valence-electron chi connectivity index (χ1n) is 10.2. The van der Waals surface area contributed by atoms with Crippen LogP contribution in [-0.2, 0) is 16.1 Å². The maximum atomic E-state index is 11.7. The number of rotatable bonds is 5. The first kappa shape index (κ1) is 19.4. The predicted molar refractivity (Wildman–Crippen MR) is 112 cm³/mol. The Labute approximate surface area is 170 Å². The van der Waals surface area contributed by atoms with Crippen molar-refractivity contribution in [3.05, 3.63) is 47.9 Å². The second kappa shape index (κ2) is 8.19. The molecule has 0 N–H and O–H groups in total. The molecular formula is C22H27N5O2. The van der Waals surface area contributed by atoms with Gasteiger partial charge < -0.3 is 9.64 Å². The molecule has 0 bridgehead atoms. The van der Waals surface area contributed by atoms with Gasteiger partial charge >= 0.3 is 5.97 Å². The van der Waals surface area contributed by atoms with Gasteiger partial charge in [-0.15, -0.1) is 0 Å². The summed E-state index contributed by atoms with van der Waals surface area (Å²) < 4.78 is 6.34. The Hall–Kier alpha value is -2.96. The number of carbonyl (C=O) groups is 1. The lowest BCUT2D eigenvalue weighted by atomic mass is 9.93. The van der Waals surface area contributed by atoms with Crippen molar-refractivity contribution < 1.29 is 9.53 Å². The summed E-state index contributed by atoms with van der Waals surface area (Å²) in [4.78, 5) is 23.0. The van der Waals surface area contributed by atoms with E-state index in [0.717, 1.165) is 30.6 Å². The zero-order valence-corrected chi connectivity index (χ0v) is 17.2. The normalized spacial score (nSPS) is 17.1. The summed E-state index contributed by atoms with van der Waals surface area (Å²) in [6.07, 6.45) is 6.72. The van der Waals surface area contributed by atoms with E-state index in [9.17, 15) is 4.79 Å². The fourth-order valence-corrected chi connectivity index (χ4v) is 4.05. The molecule has 7 nitrogen and oxygen atoms in total. The van der Waals surface area contributed by atoms with Crippen LogP contribution in [0.3, 0.4) is 0 Å². The number of ether oxygens (including phenoxy) is 1. The second-order valence-electron chi connectivity index (χ2n) is 7.84. The van der Waals surface area contributed by atoms with E-state index >= 15 is 0 Å². The third-order valence-corrected chi connectivity index (χ3v) is 5.68. The van der Waals surface area contributed by atoms with Crippen molar-refractivity contribution in [2.75, 3.05) is 18.6 Å². The maximum Gasteiger partial charge on any atom is 0.327 e. The van der Waals surface area contributed by atoms with Gasteiger partial charge in [0.25, 0.3) is 0 Å². The van der Waals surface area contributed by atoms with Crippen molar-refractivity contribution >= 4 is 22.8 Å². The van der Waals surface area contributed by atoms with Gasteiger partial charge in [-0.3, -0.25) is 4.79 Å². The van der Waals surface area contributed by atoms with Crippen LogP contribution in [0.2, 0.25) is 0 Å². The molecule has 3 aromatic rings. The van der Waals surface area contributed by atoms with Gasteiger partial charge in [0.15, 0.2) is 5.65 Å². The Kier molecular flexibility index (Phi) is 5.47. The molecule has 0 saturated carbocycles. The van der Waals surface area contributed by atoms with Gasteiger partial charge in [-0.2, -0.15) is 5.10 Å². The van der Waals surface area contributed by atoms with Crippen LogP contribution in [0.5, 0.6) is 0 Å². The van der Waals surface area contributed by atoms with Gasteiger partial charge in [-0.1, -0.05) is 38.1 Å². The number of fused-ring (bicyclic) bond motifs is 1. The molecule has 152 valence electrons. The second-order valence-corrected chi connectivity index (χ2v) is 7.84. The quantitative estimate of drug-likeness (QED) is 0.613. The number of piperidine rings is 1. The number of aromatic nitrogens is 4. The van der Waals surface area contributed by atoms with Crippen molar-refractivity contribution in [2.45, 2.75) is 51.6 Å². The van der Waals surface area contributed by atoms with Crippen LogP contribution in [0, 0.1) is 0 Å². The molecule has 3 heterocycles. The maximum absolute atomic E-state index is 11.7. The lowest BCUT2D eigenvalue weighted by Crippen LogP contribution is -2.34. The molecule has 0 radical (unpaired) electrons. The first-order chi connectivity index (χ1) is 14.1. The SMILES string of the molecule is COC(=O)Cn1ncc2c(N3CCCC[C@@H]3c3ccc(C(C)C)cc3)ncnc21. The number of nitrogens with zero attached hydrogens (tertiary/aromatic N) is 5. The highest BCUT2D eigenvalue weighted by Gasteiger charge is 2.27. The van der Waals surface area contributed by atoms with Crippen LogP contribution in [-0.4, -0.2) is 39.4 Å². The molecule has 0 amide bonds. The Morgan fingerprint density at radius 2 is 2.00 bits per heavy atom. The molecular weight excluding hydrogens is 366 g/mol. The van der Waals surface area contributed by atoms with Crippen molar-refractivity contribution in [2.24, 2.45) is 0 Å². The summed E-state index contributed by atoms with van der Waals surface area (Å²) in [6, 6.07) is 9.23. The Bertz CT molecular complexity index is 996. The molecule has 1 saturated heterocycles. The highest BCUT2D eigenvalue weighted by Crippen LogP contribution is 2.37. The molecule has 0 spiro atoms. The van der Waals surface area contributed by atoms with Crippen LogP contribution in [0.15, 0.2) is 36.8 Å². The summed E-state index contributed by atoms with van der Waals surface area (Å²) in [5, 5.41) is 5.22. The largest absolute Gasteiger partial charge is 0.468 e. The molecule has 0 unspecified atom stereocenters. The average Bonchev–Trinajstić information content (AvgIpc) is 3.16. The molecule has 1 aliphatic rings. The summed E-state index contributed by atoms with van der Waals surface area (Å²) in [5.74, 6) is 1.05. The molecule has 7 heteroatoms. The summed E-state index contributed by atoms with van der Waals surface area (Å²) in [7, 11) is 1.37. The van der Waals surface area contributed by atoms with Gasteiger partial charge in [-0.25, -0.2) is 14.6 Å². The highest BCUT2D eigenvalue weighted by atomic mass is 16.5. The number of hydrogen-bond donors (Lipinski definition) is 0. The molecule has 1 aromatic carbocycles. The molecule has 4 rings (SSSR count). The summed E-state index contributed by atoms with van der Waals surface area (Å²) in [5.41, 5.74) is 3.31. The van der Waals surface area contributed by atoms with Crippen LogP contribution in [0.4, 0.5) is 5.82 Å². The van der Waals surface area contributed by atoms with E-state index < -0.39 is 0 Å². The van der Waals surface area contributed by atoms with E-state index in [-0.39, 0.29) is 18.6 Å². The topological polar surface area (TPSA) is 73.1 Å². The fraction of sp³-hybridized carbons (Fsp3) is 0.455. The molecule has 1 aliphatic heterocycles. The van der Waals surface area contributed by atoms with Crippen LogP contribution >= 0.6 is 0 Å². The third-order valence-electron chi connectivity index (χ3n) is 5.68. The lowest BCUT2D eigenvalue weighted by molar-refractivity contribution is -0.141. The van der Waals surface area contributed by atoms with Gasteiger partial charge in [0, 0.05) is 6.54 Å². The fourth-order valence-electron chi connectivity index (χ4n) is 4.05. The zero-order chi connectivity index (χ0) is 20.4. The average molecular weight is 393 g/mol. The van der Waals surface area contributed by atoms with Crippen molar-refractivity contribution in [1.82, 2.24) is 19.7 Å². The van der Waals surface area contributed by atoms with E-state index in [1.54, 1.807) is 17.2 Å². The minimum absolute atomic E-state index is 0.0382. The standard InChI is InChI=1S/C22H27N5O2/c1-15(2)16-7-9-17(10-8-16)19-6-4-5-11-26(19)21-18-12-25-27(13-20(28)29-3)22(18)24-14-23-21/h7-10,12,14-15,19H,4-6,11,13H2,1-3H3/t19-/m1/s1. The molecule has 1 atom stereocenters. The number of anilines is 1. The number of methoxy groups -OCH3 is 1. The van der Waals surface area contributed by atoms with Crippen LogP contribution in [0.25, 0.3) is 11.0 Å². The summed E-state index contributed by atoms with van der Waals surface area (Å²) in [6.45, 7) is 5.40. The van der Waals surface area contributed by atoms with Gasteiger partial charge in [0.05, 0.1) is 24.7 Å². The minimum atomic E-state index is -0.351. The Morgan fingerprint density at radius 3 is 2.72 bits per heavy atom. The smallest absolute Gasteiger partial charge is 0.327 e. The lowest BCUT2D eigenvalue weighted by Gasteiger charge is -2.37. The monoisotopic (exact) mass is 393 g/mol. The van der Waals surface area contributed by atoms with E-state index in [0.29, 0.717) is 11.6 Å². The molecule has 1 fully saturated rings. The minimum Gasteiger partial charge on any atom is -0.468 e. The van der Waals surface area contributed by atoms with Gasteiger partial charge in [0.1, 0.15) is 18.7 Å². The van der Waals surface area contributed by atoms with Crippen molar-refractivity contribution in [3.8, 4) is 0 Å². The predicted octanol–water partition coefficient (Wildman–Crippen LogP) is 3.85. The third kappa shape index (κ3) is 3.81. The Morgan fingerprint density at radius 1 is 1.21 bits per heavy atom. The number of hydrogen-bond acceptors (Lipinski definition) is 6. The number of esters is 1. The molecule has 2 aromatic heterocycles. The molecule has 29 heavy (non-hydrogen) atoms. The highest BCUT2D eigenvalue weighted by molar-refractivity contribution is 5.87. The van der Waals surface area contributed by atoms with Gasteiger partial charge in [0.2, 0.25) is 0 Å². The number of benzene rings is 1. The first-order valence-corrected chi connectivity index (χ1v) is 10.2. The van der Waals surface area contributed by atoms with E-state index in [1.165, 1.54) is 24.7 Å². The van der Waals surface area contributed by atoms with E-state index in [1.807, 2.05) is 0 Å². The van der Waals surface area contributed by atoms with Crippen molar-refractivity contribution in [1.29, 1.82) is 0 Å². The number of carbonyl (C=O) groups excluding carboxylic acids is 1. The van der Waals surface area contributed by atoms with Crippen LogP contribution < -0.4 is 4.90 Å².